The highest BCUT2D eigenvalue weighted by atomic mass is 15.2. The molecule has 0 saturated heterocycles. The molecule has 0 N–H and O–H groups in total. The maximum atomic E-state index is 5.61. The minimum absolute atomic E-state index is 0.652. The molecule has 13 aromatic carbocycles. The van der Waals surface area contributed by atoms with E-state index in [1.54, 1.807) is 0 Å². The Kier molecular flexibility index (Phi) is 7.04. The van der Waals surface area contributed by atoms with Crippen molar-refractivity contribution in [2.24, 2.45) is 0 Å². The Balaban J connectivity index is 1.03. The summed E-state index contributed by atoms with van der Waals surface area (Å²) in [5, 5.41) is 23.4. The van der Waals surface area contributed by atoms with Crippen LogP contribution in [0.3, 0.4) is 0 Å². The lowest BCUT2D eigenvalue weighted by atomic mass is 9.87. The normalized spacial score (nSPS) is 12.4. The first-order chi connectivity index (χ1) is 33.7. The summed E-state index contributed by atoms with van der Waals surface area (Å²) in [4.78, 5) is 11.0. The van der Waals surface area contributed by atoms with Crippen molar-refractivity contribution in [1.29, 1.82) is 0 Å². The number of rotatable bonds is 3. The highest BCUT2D eigenvalue weighted by Crippen LogP contribution is 2.49. The predicted octanol–water partition coefficient (Wildman–Crippen LogP) is 17.0. The van der Waals surface area contributed by atoms with E-state index < -0.39 is 0 Å². The molecular weight excluding hydrogens is 825 g/mol. The lowest BCUT2D eigenvalue weighted by Gasteiger charge is -2.17. The molecule has 4 nitrogen and oxygen atoms in total. The van der Waals surface area contributed by atoms with Crippen LogP contribution in [0.2, 0.25) is 0 Å². The van der Waals surface area contributed by atoms with Gasteiger partial charge in [0.25, 0.3) is 0 Å². The number of para-hydroxylation sites is 3. The fourth-order valence-electron chi connectivity index (χ4n) is 12.1. The molecule has 3 heterocycles. The van der Waals surface area contributed by atoms with Crippen LogP contribution in [0.15, 0.2) is 218 Å². The van der Waals surface area contributed by atoms with E-state index in [9.17, 15) is 0 Å². The monoisotopic (exact) mass is 860 g/mol. The van der Waals surface area contributed by atoms with Crippen LogP contribution in [0.5, 0.6) is 0 Å². The van der Waals surface area contributed by atoms with Crippen molar-refractivity contribution in [3.63, 3.8) is 0 Å². The summed E-state index contributed by atoms with van der Waals surface area (Å²) >= 11 is 0. The maximum Gasteiger partial charge on any atom is 0.235 e. The second kappa shape index (κ2) is 13.3. The van der Waals surface area contributed by atoms with Crippen molar-refractivity contribution in [3.05, 3.63) is 218 Å². The zero-order chi connectivity index (χ0) is 44.2. The molecule has 16 aromatic rings. The number of aromatic nitrogens is 4. The van der Waals surface area contributed by atoms with Gasteiger partial charge in [-0.2, -0.15) is 0 Å². The summed E-state index contributed by atoms with van der Waals surface area (Å²) in [7, 11) is 0. The first-order valence-electron chi connectivity index (χ1n) is 23.4. The predicted molar refractivity (Wildman–Crippen MR) is 287 cm³/mol. The lowest BCUT2D eigenvalue weighted by molar-refractivity contribution is 1.01. The number of benzene rings is 13. The van der Waals surface area contributed by atoms with Crippen molar-refractivity contribution in [3.8, 4) is 22.9 Å². The number of nitrogens with zero attached hydrogens (tertiary/aromatic N) is 4. The first kappa shape index (κ1) is 36.1. The summed E-state index contributed by atoms with van der Waals surface area (Å²) in [5.41, 5.74) is 8.59. The van der Waals surface area contributed by atoms with E-state index in [2.05, 4.69) is 228 Å². The SMILES string of the molecule is c1ccc2cc(-n3c4ccccc4c4c5cccc6c7cccc8c7c(cc7c8c8ccccc8n7-c7nc(-c8ccc9c(ccc%10ccccc%109)c8)c8ccccc8n7)c(cc43)c65)ccc2c1. The smallest absolute Gasteiger partial charge is 0.235 e. The summed E-state index contributed by atoms with van der Waals surface area (Å²) in [6, 6.07) is 80.2. The van der Waals surface area contributed by atoms with Crippen molar-refractivity contribution in [2.45, 2.75) is 0 Å². The lowest BCUT2D eigenvalue weighted by Crippen LogP contribution is -2.03. The Hall–Kier alpha value is -9.12. The molecule has 4 heteroatoms. The molecule has 0 amide bonds. The molecule has 0 radical (unpaired) electrons. The molecule has 3 aromatic heterocycles. The Morgan fingerprint density at radius 3 is 1.53 bits per heavy atom. The Morgan fingerprint density at radius 2 is 0.794 bits per heavy atom. The molecule has 0 aliphatic rings. The van der Waals surface area contributed by atoms with Gasteiger partial charge in [0, 0.05) is 38.2 Å². The van der Waals surface area contributed by atoms with Crippen molar-refractivity contribution in [2.75, 3.05) is 0 Å². The second-order valence-corrected chi connectivity index (χ2v) is 18.4. The van der Waals surface area contributed by atoms with Gasteiger partial charge in [0.1, 0.15) is 0 Å². The topological polar surface area (TPSA) is 35.6 Å². The average Bonchev–Trinajstić information content (AvgIpc) is 3.92. The molecule has 0 aliphatic carbocycles. The highest BCUT2D eigenvalue weighted by Gasteiger charge is 2.25. The molecule has 0 aliphatic heterocycles. The van der Waals surface area contributed by atoms with Crippen LogP contribution < -0.4 is 0 Å². The van der Waals surface area contributed by atoms with Gasteiger partial charge in [0.2, 0.25) is 5.95 Å². The van der Waals surface area contributed by atoms with Crippen LogP contribution in [0.1, 0.15) is 0 Å². The van der Waals surface area contributed by atoms with Gasteiger partial charge in [-0.1, -0.05) is 170 Å². The Bertz CT molecular complexity index is 4860. The molecule has 0 bridgehead atoms. The highest BCUT2D eigenvalue weighted by molar-refractivity contribution is 6.41. The minimum Gasteiger partial charge on any atom is -0.309 e. The van der Waals surface area contributed by atoms with Crippen LogP contribution >= 0.6 is 0 Å². The van der Waals surface area contributed by atoms with E-state index in [0.29, 0.717) is 5.95 Å². The zero-order valence-corrected chi connectivity index (χ0v) is 36.6. The molecule has 68 heavy (non-hydrogen) atoms. The average molecular weight is 861 g/mol. The van der Waals surface area contributed by atoms with Gasteiger partial charge < -0.3 is 4.57 Å². The van der Waals surface area contributed by atoms with Crippen LogP contribution in [0.25, 0.3) is 153 Å². The van der Waals surface area contributed by atoms with E-state index in [-0.39, 0.29) is 0 Å². The minimum atomic E-state index is 0.652. The summed E-state index contributed by atoms with van der Waals surface area (Å²) < 4.78 is 4.80. The molecule has 0 unspecified atom stereocenters. The molecular formula is C64H36N4. The van der Waals surface area contributed by atoms with Gasteiger partial charge in [-0.3, -0.25) is 4.57 Å². The van der Waals surface area contributed by atoms with E-state index >= 15 is 0 Å². The summed E-state index contributed by atoms with van der Waals surface area (Å²) in [6.45, 7) is 0. The van der Waals surface area contributed by atoms with Crippen LogP contribution in [0, 0.1) is 0 Å². The fraction of sp³-hybridized carbons (Fsp3) is 0. The first-order valence-corrected chi connectivity index (χ1v) is 23.4. The van der Waals surface area contributed by atoms with Gasteiger partial charge >= 0.3 is 0 Å². The number of hydrogen-bond acceptors (Lipinski definition) is 2. The van der Waals surface area contributed by atoms with E-state index in [1.807, 2.05) is 0 Å². The third-order valence-corrected chi connectivity index (χ3v) is 15.0. The van der Waals surface area contributed by atoms with Crippen LogP contribution in [-0.2, 0) is 0 Å². The fourth-order valence-corrected chi connectivity index (χ4v) is 12.1. The van der Waals surface area contributed by atoms with E-state index in [1.165, 1.54) is 108 Å². The molecule has 312 valence electrons. The number of fused-ring (bicyclic) bond motifs is 15. The quantitative estimate of drug-likeness (QED) is 0.131. The molecule has 0 saturated carbocycles. The van der Waals surface area contributed by atoms with Crippen molar-refractivity contribution in [1.82, 2.24) is 19.1 Å². The van der Waals surface area contributed by atoms with Gasteiger partial charge in [0.15, 0.2) is 0 Å². The molecule has 0 spiro atoms. The third-order valence-electron chi connectivity index (χ3n) is 15.0. The zero-order valence-electron chi connectivity index (χ0n) is 36.6. The van der Waals surface area contributed by atoms with Gasteiger partial charge in [-0.15, -0.1) is 0 Å². The molecule has 0 fully saturated rings. The third kappa shape index (κ3) is 4.77. The molecule has 0 atom stereocenters. The van der Waals surface area contributed by atoms with Crippen molar-refractivity contribution >= 4 is 130 Å². The second-order valence-electron chi connectivity index (χ2n) is 18.4. The van der Waals surface area contributed by atoms with Gasteiger partial charge in [-0.05, 0) is 124 Å². The van der Waals surface area contributed by atoms with Crippen LogP contribution in [0.4, 0.5) is 0 Å². The summed E-state index contributed by atoms with van der Waals surface area (Å²) in [6.07, 6.45) is 0. The standard InChI is InChI=1S/C64H36N4/c1-2-15-39-34-42(31-29-37(39)13-1)67-55-25-9-6-18-48(55)61-50-22-11-20-45-46-21-12-23-51-60(46)53(52(59(45)50)35-57(61)67)36-58-62(51)49-19-7-10-26-56(49)68(58)64-65-54-24-8-5-17-47(54)63(66-64)41-30-32-44-40(33-41)28-27-38-14-3-4-16-43(38)44/h1-36H. The number of hydrogen-bond donors (Lipinski definition) is 0. The van der Waals surface area contributed by atoms with Crippen molar-refractivity contribution < 1.29 is 0 Å². The Morgan fingerprint density at radius 1 is 0.265 bits per heavy atom. The van der Waals surface area contributed by atoms with Gasteiger partial charge in [0.05, 0.1) is 33.3 Å². The Labute approximate surface area is 388 Å². The van der Waals surface area contributed by atoms with E-state index in [4.69, 9.17) is 9.97 Å². The van der Waals surface area contributed by atoms with E-state index in [0.717, 1.165) is 38.9 Å². The maximum absolute atomic E-state index is 5.61. The van der Waals surface area contributed by atoms with Gasteiger partial charge in [-0.25, -0.2) is 9.97 Å². The largest absolute Gasteiger partial charge is 0.309 e. The van der Waals surface area contributed by atoms with Crippen LogP contribution in [-0.4, -0.2) is 19.1 Å². The molecule has 16 rings (SSSR count). The summed E-state index contributed by atoms with van der Waals surface area (Å²) in [5.74, 6) is 0.652.